The van der Waals surface area contributed by atoms with Gasteiger partial charge in [-0.25, -0.2) is 10.5 Å². The third-order valence-electron chi connectivity index (χ3n) is 2.46. The number of rotatable bonds is 3. The number of carbonyl (C=O) groups is 1. The van der Waals surface area contributed by atoms with Gasteiger partial charge >= 0.3 is 0 Å². The molecule has 1 heterocycles. The Hall–Kier alpha value is -1.95. The van der Waals surface area contributed by atoms with Gasteiger partial charge in [-0.3, -0.25) is 10.2 Å². The van der Waals surface area contributed by atoms with E-state index < -0.39 is 0 Å². The van der Waals surface area contributed by atoms with Gasteiger partial charge in [-0.15, -0.1) is 5.10 Å². The molecule has 0 bridgehead atoms. The van der Waals surface area contributed by atoms with Gasteiger partial charge in [-0.1, -0.05) is 24.3 Å². The molecule has 0 aliphatic rings. The molecule has 0 spiro atoms. The van der Waals surface area contributed by atoms with Crippen LogP contribution in [0, 0.1) is 5.92 Å². The van der Waals surface area contributed by atoms with Crippen LogP contribution in [0.3, 0.4) is 0 Å². The zero-order valence-corrected chi connectivity index (χ0v) is 8.92. The highest BCUT2D eigenvalue weighted by molar-refractivity contribution is 5.78. The monoisotopic (exact) mass is 219 g/mol. The maximum Gasteiger partial charge on any atom is 0.238 e. The van der Waals surface area contributed by atoms with Crippen LogP contribution < -0.4 is 11.3 Å². The van der Waals surface area contributed by atoms with E-state index in [0.717, 1.165) is 11.0 Å². The number of nitrogens with zero attached hydrogens (tertiary/aromatic N) is 3. The largest absolute Gasteiger partial charge is 0.294 e. The van der Waals surface area contributed by atoms with E-state index in [0.29, 0.717) is 6.54 Å². The fourth-order valence-electron chi connectivity index (χ4n) is 1.54. The Labute approximate surface area is 92.4 Å². The van der Waals surface area contributed by atoms with Gasteiger partial charge in [-0.05, 0) is 12.1 Å². The molecule has 0 radical (unpaired) electrons. The number of nitrogens with two attached hydrogens (primary N) is 1. The molecule has 1 aromatic heterocycles. The Kier molecular flexibility index (Phi) is 2.82. The molecule has 3 N–H and O–H groups in total. The molecule has 0 aliphatic carbocycles. The van der Waals surface area contributed by atoms with Gasteiger partial charge in [0.2, 0.25) is 5.91 Å². The first kappa shape index (κ1) is 10.6. The van der Waals surface area contributed by atoms with Gasteiger partial charge in [-0.2, -0.15) is 0 Å². The second-order valence-electron chi connectivity index (χ2n) is 3.67. The minimum atomic E-state index is -0.241. The van der Waals surface area contributed by atoms with E-state index in [-0.39, 0.29) is 11.8 Å². The summed E-state index contributed by atoms with van der Waals surface area (Å²) in [5.41, 5.74) is 3.86. The average Bonchev–Trinajstić information content (AvgIpc) is 2.72. The second kappa shape index (κ2) is 4.28. The van der Waals surface area contributed by atoms with Crippen molar-refractivity contribution in [3.05, 3.63) is 24.3 Å². The number of fused-ring (bicyclic) bond motifs is 1. The maximum absolute atomic E-state index is 11.3. The summed E-state index contributed by atoms with van der Waals surface area (Å²) in [7, 11) is 0. The zero-order valence-electron chi connectivity index (χ0n) is 8.92. The van der Waals surface area contributed by atoms with Crippen molar-refractivity contribution >= 4 is 16.9 Å². The SMILES string of the molecule is CC(Cn1nnc2ccccc21)C(=O)NN. The number of amides is 1. The fourth-order valence-corrected chi connectivity index (χ4v) is 1.54. The molecule has 84 valence electrons. The number of benzene rings is 1. The summed E-state index contributed by atoms with van der Waals surface area (Å²) < 4.78 is 1.70. The third-order valence-corrected chi connectivity index (χ3v) is 2.46. The second-order valence-corrected chi connectivity index (χ2v) is 3.67. The summed E-state index contributed by atoms with van der Waals surface area (Å²) >= 11 is 0. The molecule has 0 saturated carbocycles. The van der Waals surface area contributed by atoms with Gasteiger partial charge in [0.15, 0.2) is 0 Å². The van der Waals surface area contributed by atoms with Crippen molar-refractivity contribution in [2.24, 2.45) is 11.8 Å². The molecule has 0 fully saturated rings. The van der Waals surface area contributed by atoms with Crippen molar-refractivity contribution in [3.63, 3.8) is 0 Å². The Morgan fingerprint density at radius 3 is 3.06 bits per heavy atom. The number of para-hydroxylation sites is 1. The Balaban J connectivity index is 2.24. The summed E-state index contributed by atoms with van der Waals surface area (Å²) in [5.74, 6) is 4.62. The smallest absolute Gasteiger partial charge is 0.238 e. The average molecular weight is 219 g/mol. The minimum absolute atomic E-state index is 0.209. The molecule has 2 rings (SSSR count). The first-order valence-corrected chi connectivity index (χ1v) is 5.01. The predicted molar refractivity (Wildman–Crippen MR) is 59.0 cm³/mol. The van der Waals surface area contributed by atoms with E-state index >= 15 is 0 Å². The van der Waals surface area contributed by atoms with Crippen LogP contribution in [0.25, 0.3) is 11.0 Å². The van der Waals surface area contributed by atoms with E-state index in [9.17, 15) is 4.79 Å². The van der Waals surface area contributed by atoms with Crippen LogP contribution in [0.1, 0.15) is 6.92 Å². The molecule has 16 heavy (non-hydrogen) atoms. The lowest BCUT2D eigenvalue weighted by Gasteiger charge is -2.09. The van der Waals surface area contributed by atoms with Crippen molar-refractivity contribution in [1.29, 1.82) is 0 Å². The van der Waals surface area contributed by atoms with E-state index in [1.807, 2.05) is 24.3 Å². The van der Waals surface area contributed by atoms with Crippen LogP contribution in [0.15, 0.2) is 24.3 Å². The number of aromatic nitrogens is 3. The summed E-state index contributed by atoms with van der Waals surface area (Å²) in [4.78, 5) is 11.3. The van der Waals surface area contributed by atoms with Crippen molar-refractivity contribution in [3.8, 4) is 0 Å². The van der Waals surface area contributed by atoms with Crippen LogP contribution in [0.2, 0.25) is 0 Å². The number of nitrogens with one attached hydrogen (secondary N) is 1. The summed E-state index contributed by atoms with van der Waals surface area (Å²) in [5, 5.41) is 8.00. The van der Waals surface area contributed by atoms with Crippen molar-refractivity contribution < 1.29 is 4.79 Å². The van der Waals surface area contributed by atoms with Crippen LogP contribution in [-0.2, 0) is 11.3 Å². The molecule has 2 aromatic rings. The lowest BCUT2D eigenvalue weighted by Crippen LogP contribution is -2.36. The Morgan fingerprint density at radius 1 is 1.56 bits per heavy atom. The predicted octanol–water partition coefficient (Wildman–Crippen LogP) is 0.0573. The molecule has 1 unspecified atom stereocenters. The van der Waals surface area contributed by atoms with E-state index in [1.165, 1.54) is 0 Å². The molecule has 1 atom stereocenters. The van der Waals surface area contributed by atoms with Crippen LogP contribution in [0.5, 0.6) is 0 Å². The van der Waals surface area contributed by atoms with Gasteiger partial charge < -0.3 is 0 Å². The number of hydrogen-bond acceptors (Lipinski definition) is 4. The third kappa shape index (κ3) is 1.87. The highest BCUT2D eigenvalue weighted by atomic mass is 16.2. The summed E-state index contributed by atoms with van der Waals surface area (Å²) in [6, 6.07) is 7.61. The lowest BCUT2D eigenvalue weighted by molar-refractivity contribution is -0.125. The topological polar surface area (TPSA) is 85.8 Å². The Bertz CT molecular complexity index is 507. The van der Waals surface area contributed by atoms with Crippen molar-refractivity contribution in [1.82, 2.24) is 20.4 Å². The first-order valence-electron chi connectivity index (χ1n) is 5.01. The van der Waals surface area contributed by atoms with E-state index in [2.05, 4.69) is 15.7 Å². The van der Waals surface area contributed by atoms with Gasteiger partial charge in [0.05, 0.1) is 18.0 Å². The number of hydrogen-bond donors (Lipinski definition) is 2. The molecule has 0 saturated heterocycles. The van der Waals surface area contributed by atoms with Crippen LogP contribution in [0.4, 0.5) is 0 Å². The molecule has 1 aromatic carbocycles. The highest BCUT2D eigenvalue weighted by Crippen LogP contribution is 2.11. The van der Waals surface area contributed by atoms with Gasteiger partial charge in [0.25, 0.3) is 0 Å². The first-order chi connectivity index (χ1) is 7.72. The molecular weight excluding hydrogens is 206 g/mol. The van der Waals surface area contributed by atoms with Crippen molar-refractivity contribution in [2.75, 3.05) is 0 Å². The number of hydrazine groups is 1. The fraction of sp³-hybridized carbons (Fsp3) is 0.300. The standard InChI is InChI=1S/C10H13N5O/c1-7(10(16)12-11)6-15-9-5-3-2-4-8(9)13-14-15/h2-5,7H,6,11H2,1H3,(H,12,16). The van der Waals surface area contributed by atoms with Crippen LogP contribution in [-0.4, -0.2) is 20.9 Å². The highest BCUT2D eigenvalue weighted by Gasteiger charge is 2.14. The van der Waals surface area contributed by atoms with Gasteiger partial charge in [0.1, 0.15) is 5.52 Å². The summed E-state index contributed by atoms with van der Waals surface area (Å²) in [6.45, 7) is 2.25. The molecular formula is C10H13N5O. The quantitative estimate of drug-likeness (QED) is 0.434. The maximum atomic E-state index is 11.3. The lowest BCUT2D eigenvalue weighted by atomic mass is 10.1. The minimum Gasteiger partial charge on any atom is -0.294 e. The number of carbonyl (C=O) groups excluding carboxylic acids is 1. The molecule has 6 nitrogen and oxygen atoms in total. The van der Waals surface area contributed by atoms with Crippen LogP contribution >= 0.6 is 0 Å². The normalized spacial score (nSPS) is 12.6. The molecule has 1 amide bonds. The van der Waals surface area contributed by atoms with Gasteiger partial charge in [0, 0.05) is 0 Å². The molecule has 6 heteroatoms. The Morgan fingerprint density at radius 2 is 2.31 bits per heavy atom. The molecule has 0 aliphatic heterocycles. The summed E-state index contributed by atoms with van der Waals surface area (Å²) in [6.07, 6.45) is 0. The van der Waals surface area contributed by atoms with Crippen molar-refractivity contribution in [2.45, 2.75) is 13.5 Å². The zero-order chi connectivity index (χ0) is 11.5. The van der Waals surface area contributed by atoms with E-state index in [1.54, 1.807) is 11.6 Å². The van der Waals surface area contributed by atoms with E-state index in [4.69, 9.17) is 5.84 Å².